The molecule has 0 spiro atoms. The van der Waals surface area contributed by atoms with Crippen molar-refractivity contribution in [3.8, 4) is 0 Å². The minimum absolute atomic E-state index is 0.0344. The second-order valence-corrected chi connectivity index (χ2v) is 4.36. The molecule has 1 aromatic rings. The van der Waals surface area contributed by atoms with Gasteiger partial charge in [-0.05, 0) is 26.9 Å². The van der Waals surface area contributed by atoms with Gasteiger partial charge in [-0.15, -0.1) is 0 Å². The van der Waals surface area contributed by atoms with Crippen molar-refractivity contribution >= 4 is 0 Å². The number of rotatable bonds is 4. The first-order valence-corrected chi connectivity index (χ1v) is 5.52. The van der Waals surface area contributed by atoms with E-state index in [1.165, 1.54) is 0 Å². The molecule has 6 heteroatoms. The molecule has 1 aromatic heterocycles. The van der Waals surface area contributed by atoms with Gasteiger partial charge in [0.2, 0.25) is 0 Å². The first kappa shape index (κ1) is 11.5. The Morgan fingerprint density at radius 1 is 1.56 bits per heavy atom. The van der Waals surface area contributed by atoms with Crippen LogP contribution in [-0.2, 0) is 4.74 Å². The number of nitrogens with two attached hydrogens (primary N) is 1. The van der Waals surface area contributed by atoms with Crippen molar-refractivity contribution in [1.82, 2.24) is 15.0 Å². The number of hydrogen-bond donors (Lipinski definition) is 1. The smallest absolute Gasteiger partial charge is 0.255 e. The average molecular weight is 226 g/mol. The highest BCUT2D eigenvalue weighted by Crippen LogP contribution is 2.27. The highest BCUT2D eigenvalue weighted by Gasteiger charge is 2.25. The summed E-state index contributed by atoms with van der Waals surface area (Å²) in [5.74, 6) is 1.11. The topological polar surface area (TPSA) is 77.4 Å². The van der Waals surface area contributed by atoms with Crippen molar-refractivity contribution in [3.63, 3.8) is 0 Å². The third-order valence-electron chi connectivity index (χ3n) is 2.56. The lowest BCUT2D eigenvalue weighted by Gasteiger charge is -2.12. The van der Waals surface area contributed by atoms with Crippen molar-refractivity contribution in [2.75, 3.05) is 27.2 Å². The van der Waals surface area contributed by atoms with Crippen molar-refractivity contribution in [1.29, 1.82) is 0 Å². The van der Waals surface area contributed by atoms with Gasteiger partial charge in [-0.1, -0.05) is 5.16 Å². The molecule has 2 N–H and O–H groups in total. The second-order valence-electron chi connectivity index (χ2n) is 4.36. The summed E-state index contributed by atoms with van der Waals surface area (Å²) in [4.78, 5) is 6.28. The molecule has 1 aliphatic heterocycles. The maximum atomic E-state index is 5.94. The summed E-state index contributed by atoms with van der Waals surface area (Å²) in [6.45, 7) is 1.47. The molecule has 1 saturated heterocycles. The van der Waals surface area contributed by atoms with Gasteiger partial charge in [0.25, 0.3) is 5.89 Å². The van der Waals surface area contributed by atoms with E-state index in [-0.39, 0.29) is 12.1 Å². The molecule has 2 heterocycles. The summed E-state index contributed by atoms with van der Waals surface area (Å²) < 4.78 is 10.6. The molecule has 0 bridgehead atoms. The molecular weight excluding hydrogens is 208 g/mol. The van der Waals surface area contributed by atoms with E-state index in [4.69, 9.17) is 15.0 Å². The van der Waals surface area contributed by atoms with Crippen LogP contribution in [0.15, 0.2) is 4.52 Å². The molecule has 0 amide bonds. The molecule has 2 rings (SSSR count). The molecule has 90 valence electrons. The Hall–Kier alpha value is -0.980. The first-order valence-electron chi connectivity index (χ1n) is 5.52. The Labute approximate surface area is 94.7 Å². The highest BCUT2D eigenvalue weighted by atomic mass is 16.5. The lowest BCUT2D eigenvalue weighted by molar-refractivity contribution is 0.0835. The van der Waals surface area contributed by atoms with E-state index in [0.717, 1.165) is 19.4 Å². The molecule has 16 heavy (non-hydrogen) atoms. The zero-order chi connectivity index (χ0) is 11.5. The van der Waals surface area contributed by atoms with Crippen molar-refractivity contribution in [2.24, 2.45) is 5.73 Å². The van der Waals surface area contributed by atoms with Gasteiger partial charge in [0, 0.05) is 13.2 Å². The van der Waals surface area contributed by atoms with E-state index in [0.29, 0.717) is 18.3 Å². The van der Waals surface area contributed by atoms with Crippen LogP contribution in [0.3, 0.4) is 0 Å². The SMILES string of the molecule is CN(C)CC(N)c1noc(C2CCCO2)n1. The predicted molar refractivity (Wildman–Crippen MR) is 57.7 cm³/mol. The van der Waals surface area contributed by atoms with E-state index >= 15 is 0 Å². The number of aromatic nitrogens is 2. The summed E-state index contributed by atoms with van der Waals surface area (Å²) in [7, 11) is 3.92. The monoisotopic (exact) mass is 226 g/mol. The standard InChI is InChI=1S/C10H18N4O2/c1-14(2)6-7(11)9-12-10(16-13-9)8-4-3-5-15-8/h7-8H,3-6,11H2,1-2H3. The van der Waals surface area contributed by atoms with E-state index in [9.17, 15) is 0 Å². The number of likely N-dealkylation sites (N-methyl/N-ethyl adjacent to an activating group) is 1. The lowest BCUT2D eigenvalue weighted by Crippen LogP contribution is -2.26. The van der Waals surface area contributed by atoms with Crippen LogP contribution in [0.1, 0.15) is 36.7 Å². The zero-order valence-corrected chi connectivity index (χ0v) is 9.72. The van der Waals surface area contributed by atoms with Gasteiger partial charge < -0.3 is 19.9 Å². The Balaban J connectivity index is 2.00. The summed E-state index contributed by atoms with van der Waals surface area (Å²) in [5.41, 5.74) is 5.94. The predicted octanol–water partition coefficient (Wildman–Crippen LogP) is 0.482. The van der Waals surface area contributed by atoms with Gasteiger partial charge in [-0.2, -0.15) is 4.98 Å². The molecule has 0 radical (unpaired) electrons. The van der Waals surface area contributed by atoms with Crippen LogP contribution in [0.25, 0.3) is 0 Å². The molecule has 6 nitrogen and oxygen atoms in total. The fourth-order valence-corrected chi connectivity index (χ4v) is 1.78. The third kappa shape index (κ3) is 2.58. The van der Waals surface area contributed by atoms with Crippen molar-refractivity contribution < 1.29 is 9.26 Å². The second kappa shape index (κ2) is 4.90. The van der Waals surface area contributed by atoms with Crippen molar-refractivity contribution in [2.45, 2.75) is 25.0 Å². The van der Waals surface area contributed by atoms with Gasteiger partial charge in [-0.25, -0.2) is 0 Å². The average Bonchev–Trinajstić information content (AvgIpc) is 2.87. The molecule has 1 fully saturated rings. The fraction of sp³-hybridized carbons (Fsp3) is 0.800. The van der Waals surface area contributed by atoms with E-state index in [1.807, 2.05) is 19.0 Å². The first-order chi connectivity index (χ1) is 7.66. The molecule has 0 aromatic carbocycles. The molecular formula is C10H18N4O2. The Bertz CT molecular complexity index is 333. The summed E-state index contributed by atoms with van der Waals surface area (Å²) in [6, 6.07) is -0.214. The highest BCUT2D eigenvalue weighted by molar-refractivity contribution is 4.97. The zero-order valence-electron chi connectivity index (χ0n) is 9.72. The fourth-order valence-electron chi connectivity index (χ4n) is 1.78. The number of ether oxygens (including phenoxy) is 1. The molecule has 2 unspecified atom stereocenters. The maximum absolute atomic E-state index is 5.94. The maximum Gasteiger partial charge on any atom is 0.255 e. The summed E-state index contributed by atoms with van der Waals surface area (Å²) >= 11 is 0. The summed E-state index contributed by atoms with van der Waals surface area (Å²) in [5, 5.41) is 3.90. The number of hydrogen-bond acceptors (Lipinski definition) is 6. The van der Waals surface area contributed by atoms with E-state index in [1.54, 1.807) is 0 Å². The largest absolute Gasteiger partial charge is 0.368 e. The lowest BCUT2D eigenvalue weighted by atomic mass is 10.2. The van der Waals surface area contributed by atoms with Crippen LogP contribution < -0.4 is 5.73 Å². The molecule has 0 saturated carbocycles. The third-order valence-corrected chi connectivity index (χ3v) is 2.56. The normalized spacial score (nSPS) is 22.9. The van der Waals surface area contributed by atoms with Crippen LogP contribution in [0.5, 0.6) is 0 Å². The van der Waals surface area contributed by atoms with Crippen molar-refractivity contribution in [3.05, 3.63) is 11.7 Å². The molecule has 1 aliphatic rings. The van der Waals surface area contributed by atoms with Gasteiger partial charge in [-0.3, -0.25) is 0 Å². The Morgan fingerprint density at radius 2 is 2.38 bits per heavy atom. The minimum atomic E-state index is -0.214. The molecule has 0 aliphatic carbocycles. The van der Waals surface area contributed by atoms with Crippen LogP contribution in [0.4, 0.5) is 0 Å². The van der Waals surface area contributed by atoms with E-state index in [2.05, 4.69) is 10.1 Å². The summed E-state index contributed by atoms with van der Waals surface area (Å²) in [6.07, 6.45) is 1.96. The van der Waals surface area contributed by atoms with Gasteiger partial charge in [0.05, 0.1) is 6.04 Å². The van der Waals surface area contributed by atoms with Crippen LogP contribution in [0.2, 0.25) is 0 Å². The van der Waals surface area contributed by atoms with Gasteiger partial charge >= 0.3 is 0 Å². The Morgan fingerprint density at radius 3 is 3.00 bits per heavy atom. The van der Waals surface area contributed by atoms with Gasteiger partial charge in [0.15, 0.2) is 5.82 Å². The quantitative estimate of drug-likeness (QED) is 0.804. The Kier molecular flexibility index (Phi) is 3.52. The molecule has 2 atom stereocenters. The van der Waals surface area contributed by atoms with E-state index < -0.39 is 0 Å². The minimum Gasteiger partial charge on any atom is -0.368 e. The van der Waals surface area contributed by atoms with Crippen LogP contribution in [-0.4, -0.2) is 42.3 Å². The van der Waals surface area contributed by atoms with Crippen LogP contribution in [0, 0.1) is 0 Å². The number of nitrogens with zero attached hydrogens (tertiary/aromatic N) is 3. The van der Waals surface area contributed by atoms with Gasteiger partial charge in [0.1, 0.15) is 6.10 Å². The van der Waals surface area contributed by atoms with Crippen LogP contribution >= 0.6 is 0 Å².